The molecule has 3 fully saturated rings. The summed E-state index contributed by atoms with van der Waals surface area (Å²) in [6.45, 7) is 12.8. The van der Waals surface area contributed by atoms with Crippen molar-refractivity contribution in [2.24, 2.45) is 52.3 Å². The fourth-order valence-corrected chi connectivity index (χ4v) is 8.85. The highest BCUT2D eigenvalue weighted by Crippen LogP contribution is 2.67. The first-order valence-corrected chi connectivity index (χ1v) is 12.5. The van der Waals surface area contributed by atoms with E-state index in [9.17, 15) is 0 Å². The molecule has 0 unspecified atom stereocenters. The molecule has 27 heavy (non-hydrogen) atoms. The fourth-order valence-electron chi connectivity index (χ4n) is 8.85. The average molecular weight is 371 g/mol. The Bertz CT molecular complexity index is 544. The second-order valence-electron chi connectivity index (χ2n) is 12.1. The zero-order valence-corrected chi connectivity index (χ0v) is 19.0. The molecule has 0 radical (unpaired) electrons. The summed E-state index contributed by atoms with van der Waals surface area (Å²) in [5.74, 6) is 6.83. The van der Waals surface area contributed by atoms with Gasteiger partial charge in [0.05, 0.1) is 0 Å². The van der Waals surface area contributed by atoms with Gasteiger partial charge in [-0.15, -0.1) is 0 Å². The lowest BCUT2D eigenvalue weighted by Crippen LogP contribution is -2.52. The monoisotopic (exact) mass is 370 g/mol. The molecule has 0 heteroatoms. The summed E-state index contributed by atoms with van der Waals surface area (Å²) >= 11 is 0. The summed E-state index contributed by atoms with van der Waals surface area (Å²) < 4.78 is 0. The first-order chi connectivity index (χ1) is 12.9. The van der Waals surface area contributed by atoms with Gasteiger partial charge in [-0.2, -0.15) is 0 Å². The number of hydrogen-bond donors (Lipinski definition) is 0. The smallest absolute Gasteiger partial charge is 0.0177 e. The Labute approximate surface area is 170 Å². The zero-order chi connectivity index (χ0) is 19.2. The summed E-state index contributed by atoms with van der Waals surface area (Å²) in [5.41, 5.74) is 1.28. The highest BCUT2D eigenvalue weighted by atomic mass is 14.6. The van der Waals surface area contributed by atoms with Crippen molar-refractivity contribution in [3.05, 3.63) is 12.2 Å². The van der Waals surface area contributed by atoms with Gasteiger partial charge in [0.2, 0.25) is 0 Å². The molecule has 4 aliphatic rings. The van der Waals surface area contributed by atoms with Gasteiger partial charge in [-0.1, -0.05) is 66.0 Å². The van der Waals surface area contributed by atoms with E-state index in [2.05, 4.69) is 46.8 Å². The van der Waals surface area contributed by atoms with Crippen LogP contribution in [0.2, 0.25) is 0 Å². The molecule has 0 bridgehead atoms. The van der Waals surface area contributed by atoms with E-state index in [4.69, 9.17) is 0 Å². The van der Waals surface area contributed by atoms with Gasteiger partial charge in [-0.05, 0) is 104 Å². The van der Waals surface area contributed by atoms with Gasteiger partial charge in [-0.25, -0.2) is 0 Å². The van der Waals surface area contributed by atoms with Crippen LogP contribution in [0.15, 0.2) is 12.2 Å². The largest absolute Gasteiger partial charge is 0.0882 e. The maximum Gasteiger partial charge on any atom is -0.0177 e. The highest BCUT2D eigenvalue weighted by Gasteiger charge is 2.59. The van der Waals surface area contributed by atoms with Crippen LogP contribution in [-0.2, 0) is 0 Å². The molecule has 4 rings (SSSR count). The summed E-state index contributed by atoms with van der Waals surface area (Å²) in [6, 6.07) is 0. The molecule has 0 saturated heterocycles. The molecule has 0 nitrogen and oxygen atoms in total. The highest BCUT2D eigenvalue weighted by molar-refractivity contribution is 5.13. The minimum absolute atomic E-state index is 0.625. The van der Waals surface area contributed by atoms with Crippen LogP contribution >= 0.6 is 0 Å². The van der Waals surface area contributed by atoms with Crippen molar-refractivity contribution >= 4 is 0 Å². The van der Waals surface area contributed by atoms with Gasteiger partial charge in [0, 0.05) is 0 Å². The van der Waals surface area contributed by atoms with E-state index in [1.54, 1.807) is 6.42 Å². The first-order valence-electron chi connectivity index (χ1n) is 12.5. The second kappa shape index (κ2) is 7.53. The molecule has 0 N–H and O–H groups in total. The quantitative estimate of drug-likeness (QED) is 0.427. The third-order valence-electron chi connectivity index (χ3n) is 10.4. The molecule has 0 aromatic rings. The van der Waals surface area contributed by atoms with E-state index in [-0.39, 0.29) is 0 Å². The average Bonchev–Trinajstić information content (AvgIpc) is 2.98. The zero-order valence-electron chi connectivity index (χ0n) is 19.0. The van der Waals surface area contributed by atoms with Crippen molar-refractivity contribution in [2.75, 3.05) is 0 Å². The minimum atomic E-state index is 0.625. The molecular formula is C27H46. The van der Waals surface area contributed by atoms with Crippen LogP contribution in [-0.4, -0.2) is 0 Å². The lowest BCUT2D eigenvalue weighted by atomic mass is 9.45. The van der Waals surface area contributed by atoms with Crippen LogP contribution in [0, 0.1) is 52.3 Å². The van der Waals surface area contributed by atoms with Crippen LogP contribution in [0.1, 0.15) is 105 Å². The summed E-state index contributed by atoms with van der Waals surface area (Å²) in [6.07, 6.45) is 21.4. The Morgan fingerprint density at radius 2 is 1.63 bits per heavy atom. The van der Waals surface area contributed by atoms with Gasteiger partial charge in [0.25, 0.3) is 0 Å². The topological polar surface area (TPSA) is 0 Å². The first kappa shape index (κ1) is 20.0. The molecular weight excluding hydrogens is 324 g/mol. The standard InChI is InChI=1S/C27H46/c1-19(2)9-8-10-20(3)23-14-15-24-22-13-12-21-11-6-7-17-26(21,4)25(22)16-18-27(23,24)5/h6,11,19-25H,7-10,12-18H2,1-5H3/t20-,21-,22+,23+,24-,25+,26+,27+/m1/s1. The maximum atomic E-state index is 2.74. The summed E-state index contributed by atoms with van der Waals surface area (Å²) in [4.78, 5) is 0. The summed E-state index contributed by atoms with van der Waals surface area (Å²) in [7, 11) is 0. The van der Waals surface area contributed by atoms with Crippen molar-refractivity contribution in [3.63, 3.8) is 0 Å². The number of fused-ring (bicyclic) bond motifs is 5. The van der Waals surface area contributed by atoms with Gasteiger partial charge >= 0.3 is 0 Å². The molecule has 0 amide bonds. The molecule has 0 spiro atoms. The van der Waals surface area contributed by atoms with E-state index < -0.39 is 0 Å². The lowest BCUT2D eigenvalue weighted by molar-refractivity contribution is -0.0955. The van der Waals surface area contributed by atoms with Gasteiger partial charge in [-0.3, -0.25) is 0 Å². The molecule has 3 saturated carbocycles. The van der Waals surface area contributed by atoms with Gasteiger partial charge in [0.1, 0.15) is 0 Å². The van der Waals surface area contributed by atoms with E-state index in [1.807, 2.05) is 0 Å². The minimum Gasteiger partial charge on any atom is -0.0882 e. The molecule has 0 aliphatic heterocycles. The van der Waals surface area contributed by atoms with Crippen molar-refractivity contribution < 1.29 is 0 Å². The Morgan fingerprint density at radius 1 is 0.852 bits per heavy atom. The molecule has 0 heterocycles. The lowest BCUT2D eigenvalue weighted by Gasteiger charge is -2.60. The van der Waals surface area contributed by atoms with Crippen LogP contribution in [0.5, 0.6) is 0 Å². The van der Waals surface area contributed by atoms with Crippen LogP contribution in [0.4, 0.5) is 0 Å². The maximum absolute atomic E-state index is 2.74. The van der Waals surface area contributed by atoms with Crippen molar-refractivity contribution in [1.29, 1.82) is 0 Å². The van der Waals surface area contributed by atoms with E-state index in [1.165, 1.54) is 64.2 Å². The third-order valence-corrected chi connectivity index (χ3v) is 10.4. The Hall–Kier alpha value is -0.260. The number of hydrogen-bond acceptors (Lipinski definition) is 0. The Balaban J connectivity index is 1.47. The molecule has 0 aromatic heterocycles. The molecule has 154 valence electrons. The SMILES string of the molecule is CC(C)CCC[C@@H](C)[C@@H]1CC[C@@H]2[C@@H]3CC[C@H]4C=CCC[C@]4(C)[C@H]3CC[C@]21C. The summed E-state index contributed by atoms with van der Waals surface area (Å²) in [5, 5.41) is 0. The number of allylic oxidation sites excluding steroid dienone is 2. The normalized spacial score (nSPS) is 47.4. The van der Waals surface area contributed by atoms with E-state index >= 15 is 0 Å². The Kier molecular flexibility index (Phi) is 5.59. The van der Waals surface area contributed by atoms with E-state index in [0.717, 1.165) is 41.4 Å². The fraction of sp³-hybridized carbons (Fsp3) is 0.926. The van der Waals surface area contributed by atoms with Gasteiger partial charge < -0.3 is 0 Å². The van der Waals surface area contributed by atoms with Crippen LogP contribution < -0.4 is 0 Å². The molecule has 4 aliphatic carbocycles. The van der Waals surface area contributed by atoms with Crippen LogP contribution in [0.25, 0.3) is 0 Å². The van der Waals surface area contributed by atoms with Crippen molar-refractivity contribution in [2.45, 2.75) is 105 Å². The van der Waals surface area contributed by atoms with Crippen molar-refractivity contribution in [3.8, 4) is 0 Å². The molecule has 0 aromatic carbocycles. The molecule has 8 atom stereocenters. The van der Waals surface area contributed by atoms with Crippen molar-refractivity contribution in [1.82, 2.24) is 0 Å². The van der Waals surface area contributed by atoms with E-state index in [0.29, 0.717) is 10.8 Å². The third kappa shape index (κ3) is 3.36. The predicted octanol–water partition coefficient (Wildman–Crippen LogP) is 8.27. The number of rotatable bonds is 5. The van der Waals surface area contributed by atoms with Gasteiger partial charge in [0.15, 0.2) is 0 Å². The predicted molar refractivity (Wildman–Crippen MR) is 118 cm³/mol. The Morgan fingerprint density at radius 3 is 2.41 bits per heavy atom. The second-order valence-corrected chi connectivity index (χ2v) is 12.1. The van der Waals surface area contributed by atoms with Crippen LogP contribution in [0.3, 0.4) is 0 Å².